The number of rotatable bonds is 5. The maximum Gasteiger partial charge on any atom is 0.387 e. The summed E-state index contributed by atoms with van der Waals surface area (Å²) in [6.07, 6.45) is 1.32. The molecule has 0 aliphatic heterocycles. The molecule has 0 heterocycles. The zero-order chi connectivity index (χ0) is 16.1. The minimum Gasteiger partial charge on any atom is -0.434 e. The molecule has 0 saturated carbocycles. The van der Waals surface area contributed by atoms with Crippen molar-refractivity contribution in [1.29, 1.82) is 0 Å². The summed E-state index contributed by atoms with van der Waals surface area (Å²) in [7, 11) is 0. The molecule has 2 aromatic rings. The van der Waals surface area contributed by atoms with Crippen molar-refractivity contribution in [2.45, 2.75) is 6.61 Å². The van der Waals surface area contributed by atoms with Crippen molar-refractivity contribution in [3.8, 4) is 5.75 Å². The molecule has 22 heavy (non-hydrogen) atoms. The van der Waals surface area contributed by atoms with Gasteiger partial charge in [-0.3, -0.25) is 5.43 Å². The molecule has 0 spiro atoms. The van der Waals surface area contributed by atoms with Gasteiger partial charge in [0, 0.05) is 10.6 Å². The quantitative estimate of drug-likeness (QED) is 0.545. The second-order valence-electron chi connectivity index (χ2n) is 4.03. The lowest BCUT2D eigenvalue weighted by Gasteiger charge is -2.08. The maximum atomic E-state index is 12.3. The molecule has 0 atom stereocenters. The summed E-state index contributed by atoms with van der Waals surface area (Å²) in [6.45, 7) is -2.91. The van der Waals surface area contributed by atoms with E-state index in [1.807, 2.05) is 0 Å². The number of para-hydroxylation sites is 1. The van der Waals surface area contributed by atoms with Gasteiger partial charge in [0.1, 0.15) is 5.75 Å². The third kappa shape index (κ3) is 4.47. The molecule has 0 aliphatic rings. The summed E-state index contributed by atoms with van der Waals surface area (Å²) in [5.41, 5.74) is 3.37. The third-order valence-electron chi connectivity index (χ3n) is 2.52. The maximum absolute atomic E-state index is 12.3. The number of ether oxygens (including phenoxy) is 1. The number of alkyl halides is 2. The van der Waals surface area contributed by atoms with Crippen molar-refractivity contribution in [1.82, 2.24) is 0 Å². The number of nitrogens with zero attached hydrogens (tertiary/aromatic N) is 1. The van der Waals surface area contributed by atoms with E-state index < -0.39 is 6.61 Å². The lowest BCUT2D eigenvalue weighted by atomic mass is 10.2. The van der Waals surface area contributed by atoms with Crippen LogP contribution in [0.25, 0.3) is 0 Å². The van der Waals surface area contributed by atoms with Gasteiger partial charge < -0.3 is 4.74 Å². The van der Waals surface area contributed by atoms with Crippen molar-refractivity contribution < 1.29 is 13.5 Å². The highest BCUT2D eigenvalue weighted by Crippen LogP contribution is 2.33. The smallest absolute Gasteiger partial charge is 0.387 e. The van der Waals surface area contributed by atoms with Crippen LogP contribution in [0.4, 0.5) is 14.5 Å². The summed E-state index contributed by atoms with van der Waals surface area (Å²) in [6, 6.07) is 9.24. The largest absolute Gasteiger partial charge is 0.434 e. The van der Waals surface area contributed by atoms with Gasteiger partial charge >= 0.3 is 6.61 Å². The first kappa shape index (κ1) is 16.8. The van der Waals surface area contributed by atoms with Gasteiger partial charge in [0.25, 0.3) is 0 Å². The SMILES string of the molecule is FC(F)Oc1ccccc1/C=N/Nc1c(Cl)cc(Cl)cc1Cl. The fraction of sp³-hybridized carbons (Fsp3) is 0.0714. The highest BCUT2D eigenvalue weighted by atomic mass is 35.5. The molecule has 0 saturated heterocycles. The Hall–Kier alpha value is -1.56. The molecule has 116 valence electrons. The number of anilines is 1. The van der Waals surface area contributed by atoms with Crippen molar-refractivity contribution in [2.75, 3.05) is 5.43 Å². The summed E-state index contributed by atoms with van der Waals surface area (Å²) in [5.74, 6) is 0.0105. The van der Waals surface area contributed by atoms with Crippen LogP contribution in [-0.2, 0) is 0 Å². The molecular weight excluding hydrogens is 357 g/mol. The molecular formula is C14H9Cl3F2N2O. The molecule has 0 bridgehead atoms. The van der Waals surface area contributed by atoms with E-state index in [1.54, 1.807) is 18.2 Å². The van der Waals surface area contributed by atoms with Crippen LogP contribution in [0.15, 0.2) is 41.5 Å². The van der Waals surface area contributed by atoms with Crippen LogP contribution in [0.5, 0.6) is 5.75 Å². The molecule has 0 amide bonds. The molecule has 2 aromatic carbocycles. The van der Waals surface area contributed by atoms with Crippen molar-refractivity contribution in [2.24, 2.45) is 5.10 Å². The molecule has 3 nitrogen and oxygen atoms in total. The van der Waals surface area contributed by atoms with E-state index in [4.69, 9.17) is 34.8 Å². The zero-order valence-corrected chi connectivity index (χ0v) is 13.1. The van der Waals surface area contributed by atoms with E-state index in [9.17, 15) is 8.78 Å². The van der Waals surface area contributed by atoms with Gasteiger partial charge in [-0.1, -0.05) is 46.9 Å². The van der Waals surface area contributed by atoms with Gasteiger partial charge in [-0.25, -0.2) is 0 Å². The van der Waals surface area contributed by atoms with Gasteiger partial charge in [-0.15, -0.1) is 0 Å². The number of nitrogens with one attached hydrogen (secondary N) is 1. The average Bonchev–Trinajstić information content (AvgIpc) is 2.42. The lowest BCUT2D eigenvalue weighted by Crippen LogP contribution is -2.04. The van der Waals surface area contributed by atoms with Crippen LogP contribution in [0.1, 0.15) is 5.56 Å². The van der Waals surface area contributed by atoms with Crippen molar-refractivity contribution in [3.63, 3.8) is 0 Å². The van der Waals surface area contributed by atoms with E-state index in [1.165, 1.54) is 24.4 Å². The van der Waals surface area contributed by atoms with E-state index in [2.05, 4.69) is 15.3 Å². The van der Waals surface area contributed by atoms with Crippen LogP contribution in [0, 0.1) is 0 Å². The van der Waals surface area contributed by atoms with Crippen LogP contribution in [-0.4, -0.2) is 12.8 Å². The summed E-state index contributed by atoms with van der Waals surface area (Å²) < 4.78 is 29.0. The highest BCUT2D eigenvalue weighted by molar-refractivity contribution is 6.41. The minimum absolute atomic E-state index is 0.0105. The molecule has 2 rings (SSSR count). The number of halogens is 5. The van der Waals surface area contributed by atoms with Crippen molar-refractivity contribution in [3.05, 3.63) is 57.0 Å². The predicted molar refractivity (Wildman–Crippen MR) is 85.8 cm³/mol. The number of hydrogen-bond acceptors (Lipinski definition) is 3. The van der Waals surface area contributed by atoms with Crippen LogP contribution in [0.3, 0.4) is 0 Å². The Kier molecular flexibility index (Phi) is 5.83. The van der Waals surface area contributed by atoms with Crippen molar-refractivity contribution >= 4 is 46.7 Å². The standard InChI is InChI=1S/C14H9Cl3F2N2O/c15-9-5-10(16)13(11(17)6-9)21-20-7-8-3-1-2-4-12(8)22-14(18)19/h1-7,14,21H/b20-7+. The summed E-state index contributed by atoms with van der Waals surface area (Å²) in [5, 5.41) is 4.88. The Bertz CT molecular complexity index is 673. The van der Waals surface area contributed by atoms with Gasteiger partial charge in [0.05, 0.1) is 21.9 Å². The average molecular weight is 366 g/mol. The molecule has 0 fully saturated rings. The van der Waals surface area contributed by atoms with E-state index >= 15 is 0 Å². The molecule has 1 N–H and O–H groups in total. The molecule has 0 radical (unpaired) electrons. The van der Waals surface area contributed by atoms with Gasteiger partial charge in [-0.2, -0.15) is 13.9 Å². The predicted octanol–water partition coefficient (Wildman–Crippen LogP) is 5.69. The fourth-order valence-corrected chi connectivity index (χ4v) is 2.51. The number of hydrogen-bond donors (Lipinski definition) is 1. The Balaban J connectivity index is 2.17. The topological polar surface area (TPSA) is 33.6 Å². The summed E-state index contributed by atoms with van der Waals surface area (Å²) in [4.78, 5) is 0. The number of benzene rings is 2. The molecule has 0 aliphatic carbocycles. The first-order valence-corrected chi connectivity index (χ1v) is 7.08. The zero-order valence-electron chi connectivity index (χ0n) is 10.9. The lowest BCUT2D eigenvalue weighted by molar-refractivity contribution is -0.0499. The Labute approximate surface area is 140 Å². The first-order chi connectivity index (χ1) is 10.5. The Morgan fingerprint density at radius 2 is 1.73 bits per heavy atom. The van der Waals surface area contributed by atoms with Crippen LogP contribution < -0.4 is 10.2 Å². The van der Waals surface area contributed by atoms with E-state index in [0.717, 1.165) is 0 Å². The van der Waals surface area contributed by atoms with Crippen LogP contribution in [0.2, 0.25) is 15.1 Å². The van der Waals surface area contributed by atoms with Gasteiger partial charge in [-0.05, 0) is 24.3 Å². The Morgan fingerprint density at radius 3 is 2.36 bits per heavy atom. The fourth-order valence-electron chi connectivity index (χ4n) is 1.61. The van der Waals surface area contributed by atoms with E-state index in [-0.39, 0.29) is 15.8 Å². The second-order valence-corrected chi connectivity index (χ2v) is 5.28. The van der Waals surface area contributed by atoms with E-state index in [0.29, 0.717) is 16.3 Å². The normalized spacial score (nSPS) is 11.2. The minimum atomic E-state index is -2.91. The highest BCUT2D eigenvalue weighted by Gasteiger charge is 2.08. The first-order valence-electron chi connectivity index (χ1n) is 5.95. The van der Waals surface area contributed by atoms with Gasteiger partial charge in [0.15, 0.2) is 0 Å². The molecule has 8 heteroatoms. The Morgan fingerprint density at radius 1 is 1.09 bits per heavy atom. The molecule has 0 unspecified atom stereocenters. The third-order valence-corrected chi connectivity index (χ3v) is 3.34. The summed E-state index contributed by atoms with van der Waals surface area (Å²) >= 11 is 17.8. The van der Waals surface area contributed by atoms with Crippen LogP contribution >= 0.6 is 34.8 Å². The number of hydrazone groups is 1. The molecule has 0 aromatic heterocycles. The second kappa shape index (κ2) is 7.63. The monoisotopic (exact) mass is 364 g/mol. The van der Waals surface area contributed by atoms with Gasteiger partial charge in [0.2, 0.25) is 0 Å².